The molecule has 0 aliphatic rings. The fraction of sp³-hybridized carbons (Fsp3) is 0.211. The first kappa shape index (κ1) is 20.9. The molecule has 10 heteroatoms. The summed E-state index contributed by atoms with van der Waals surface area (Å²) in [5.41, 5.74) is 3.92. The van der Waals surface area contributed by atoms with Crippen LogP contribution >= 0.6 is 11.8 Å². The van der Waals surface area contributed by atoms with Crippen molar-refractivity contribution in [2.45, 2.75) is 19.1 Å². The second kappa shape index (κ2) is 8.66. The van der Waals surface area contributed by atoms with Crippen molar-refractivity contribution >= 4 is 39.1 Å². The van der Waals surface area contributed by atoms with E-state index in [4.69, 9.17) is 4.42 Å². The number of aromatic nitrogens is 2. The van der Waals surface area contributed by atoms with Crippen LogP contribution in [0.5, 0.6) is 0 Å². The second-order valence-electron chi connectivity index (χ2n) is 6.48. The molecule has 3 aromatic rings. The number of thioether (sulfide) groups is 1. The molecule has 0 spiro atoms. The highest BCUT2D eigenvalue weighted by atomic mass is 32.2. The lowest BCUT2D eigenvalue weighted by atomic mass is 10.1. The van der Waals surface area contributed by atoms with Crippen LogP contribution in [0, 0.1) is 13.8 Å². The zero-order valence-electron chi connectivity index (χ0n) is 16.1. The number of carbonyl (C=O) groups is 1. The topological polar surface area (TPSA) is 114 Å². The van der Waals surface area contributed by atoms with E-state index in [0.29, 0.717) is 11.3 Å². The summed E-state index contributed by atoms with van der Waals surface area (Å²) in [5.74, 6) is 0.250. The minimum absolute atomic E-state index is 0.131. The van der Waals surface area contributed by atoms with Gasteiger partial charge in [0.2, 0.25) is 21.8 Å². The smallest absolute Gasteiger partial charge is 0.277 e. The van der Waals surface area contributed by atoms with E-state index >= 15 is 0 Å². The van der Waals surface area contributed by atoms with Crippen LogP contribution in [0.1, 0.15) is 11.1 Å². The van der Waals surface area contributed by atoms with Gasteiger partial charge in [0.1, 0.15) is 0 Å². The van der Waals surface area contributed by atoms with Gasteiger partial charge in [0.15, 0.2) is 0 Å². The number of carbonyl (C=O) groups excluding carboxylic acids is 1. The van der Waals surface area contributed by atoms with Gasteiger partial charge in [0, 0.05) is 16.9 Å². The van der Waals surface area contributed by atoms with Gasteiger partial charge in [-0.15, -0.1) is 10.2 Å². The van der Waals surface area contributed by atoms with Crippen molar-refractivity contribution in [2.75, 3.05) is 22.0 Å². The molecule has 0 saturated carbocycles. The Morgan fingerprint density at radius 2 is 1.83 bits per heavy atom. The predicted octanol–water partition coefficient (Wildman–Crippen LogP) is 3.46. The molecule has 29 heavy (non-hydrogen) atoms. The minimum Gasteiger partial charge on any atom is -0.411 e. The summed E-state index contributed by atoms with van der Waals surface area (Å²) in [7, 11) is -3.34. The fourth-order valence-corrected chi connectivity index (χ4v) is 3.59. The van der Waals surface area contributed by atoms with E-state index in [2.05, 4.69) is 20.2 Å². The van der Waals surface area contributed by atoms with Gasteiger partial charge in [-0.25, -0.2) is 8.42 Å². The van der Waals surface area contributed by atoms with Crippen molar-refractivity contribution in [3.63, 3.8) is 0 Å². The molecule has 2 N–H and O–H groups in total. The van der Waals surface area contributed by atoms with Gasteiger partial charge in [0.25, 0.3) is 5.22 Å². The Morgan fingerprint density at radius 3 is 2.52 bits per heavy atom. The van der Waals surface area contributed by atoms with E-state index in [9.17, 15) is 13.2 Å². The summed E-state index contributed by atoms with van der Waals surface area (Å²) in [5, 5.41) is 11.1. The number of hydrogen-bond acceptors (Lipinski definition) is 7. The Balaban J connectivity index is 1.59. The minimum atomic E-state index is -3.34. The number of rotatable bonds is 7. The van der Waals surface area contributed by atoms with Crippen molar-refractivity contribution in [1.82, 2.24) is 10.2 Å². The van der Waals surface area contributed by atoms with Gasteiger partial charge < -0.3 is 9.73 Å². The molecule has 0 aliphatic carbocycles. The van der Waals surface area contributed by atoms with Crippen molar-refractivity contribution in [2.24, 2.45) is 0 Å². The summed E-state index contributed by atoms with van der Waals surface area (Å²) in [6.07, 6.45) is 1.08. The summed E-state index contributed by atoms with van der Waals surface area (Å²) in [6.45, 7) is 3.90. The molecule has 0 atom stereocenters. The van der Waals surface area contributed by atoms with Crippen LogP contribution < -0.4 is 10.0 Å². The molecule has 152 valence electrons. The zero-order chi connectivity index (χ0) is 21.0. The molecular formula is C19H20N4O4S2. The summed E-state index contributed by atoms with van der Waals surface area (Å²) in [4.78, 5) is 12.2. The number of nitrogens with zero attached hydrogens (tertiary/aromatic N) is 2. The molecule has 3 rings (SSSR count). The van der Waals surface area contributed by atoms with Crippen LogP contribution in [0.2, 0.25) is 0 Å². The first-order valence-corrected chi connectivity index (χ1v) is 11.5. The van der Waals surface area contributed by atoms with Gasteiger partial charge >= 0.3 is 0 Å². The molecule has 1 heterocycles. The number of aryl methyl sites for hydroxylation is 2. The third-order valence-electron chi connectivity index (χ3n) is 3.84. The van der Waals surface area contributed by atoms with E-state index in [1.165, 1.54) is 0 Å². The van der Waals surface area contributed by atoms with Crippen LogP contribution in [-0.2, 0) is 14.8 Å². The maximum atomic E-state index is 12.2. The SMILES string of the molecule is Cc1ccc(C)c(NC(=O)CSc2nnc(-c3ccc(NS(C)(=O)=O)cc3)o2)c1. The van der Waals surface area contributed by atoms with Gasteiger partial charge in [-0.1, -0.05) is 23.9 Å². The molecule has 0 saturated heterocycles. The van der Waals surface area contributed by atoms with Gasteiger partial charge in [-0.3, -0.25) is 9.52 Å². The molecule has 0 aliphatic heterocycles. The Morgan fingerprint density at radius 1 is 1.10 bits per heavy atom. The molecule has 2 aromatic carbocycles. The Kier molecular flexibility index (Phi) is 6.23. The lowest BCUT2D eigenvalue weighted by Crippen LogP contribution is -2.14. The highest BCUT2D eigenvalue weighted by Crippen LogP contribution is 2.25. The molecule has 1 amide bonds. The van der Waals surface area contributed by atoms with Crippen LogP contribution in [-0.4, -0.2) is 36.5 Å². The molecule has 1 aromatic heterocycles. The first-order chi connectivity index (χ1) is 13.7. The van der Waals surface area contributed by atoms with Crippen LogP contribution in [0.4, 0.5) is 11.4 Å². The number of benzene rings is 2. The molecule has 0 radical (unpaired) electrons. The molecular weight excluding hydrogens is 412 g/mol. The van der Waals surface area contributed by atoms with Crippen LogP contribution in [0.3, 0.4) is 0 Å². The largest absolute Gasteiger partial charge is 0.411 e. The Bertz CT molecular complexity index is 1130. The number of nitrogens with one attached hydrogen (secondary N) is 2. The lowest BCUT2D eigenvalue weighted by Gasteiger charge is -2.08. The van der Waals surface area contributed by atoms with E-state index in [1.54, 1.807) is 24.3 Å². The highest BCUT2D eigenvalue weighted by Gasteiger charge is 2.12. The molecule has 8 nitrogen and oxygen atoms in total. The summed E-state index contributed by atoms with van der Waals surface area (Å²) >= 11 is 1.14. The van der Waals surface area contributed by atoms with Crippen molar-refractivity contribution in [1.29, 1.82) is 0 Å². The second-order valence-corrected chi connectivity index (χ2v) is 9.15. The Hall–Kier alpha value is -2.85. The van der Waals surface area contributed by atoms with Crippen LogP contribution in [0.15, 0.2) is 52.1 Å². The van der Waals surface area contributed by atoms with E-state index in [1.807, 2.05) is 32.0 Å². The molecule has 0 bridgehead atoms. The third kappa shape index (κ3) is 6.06. The number of hydrogen-bond donors (Lipinski definition) is 2. The predicted molar refractivity (Wildman–Crippen MR) is 113 cm³/mol. The zero-order valence-corrected chi connectivity index (χ0v) is 17.7. The normalized spacial score (nSPS) is 11.3. The van der Waals surface area contributed by atoms with Crippen LogP contribution in [0.25, 0.3) is 11.5 Å². The highest BCUT2D eigenvalue weighted by molar-refractivity contribution is 7.99. The van der Waals surface area contributed by atoms with Crippen molar-refractivity contribution in [3.8, 4) is 11.5 Å². The van der Waals surface area contributed by atoms with E-state index in [0.717, 1.165) is 34.8 Å². The average Bonchev–Trinajstić information content (AvgIpc) is 3.11. The summed E-state index contributed by atoms with van der Waals surface area (Å²) in [6, 6.07) is 12.4. The van der Waals surface area contributed by atoms with Crippen molar-refractivity contribution < 1.29 is 17.6 Å². The van der Waals surface area contributed by atoms with Gasteiger partial charge in [-0.05, 0) is 55.3 Å². The maximum absolute atomic E-state index is 12.2. The number of anilines is 2. The van der Waals surface area contributed by atoms with E-state index < -0.39 is 10.0 Å². The first-order valence-electron chi connectivity index (χ1n) is 8.61. The average molecular weight is 433 g/mol. The monoisotopic (exact) mass is 432 g/mol. The van der Waals surface area contributed by atoms with Gasteiger partial charge in [0.05, 0.1) is 12.0 Å². The van der Waals surface area contributed by atoms with E-state index in [-0.39, 0.29) is 22.8 Å². The van der Waals surface area contributed by atoms with Crippen molar-refractivity contribution in [3.05, 3.63) is 53.6 Å². The number of amides is 1. The third-order valence-corrected chi connectivity index (χ3v) is 5.26. The van der Waals surface area contributed by atoms with Gasteiger partial charge in [-0.2, -0.15) is 0 Å². The summed E-state index contributed by atoms with van der Waals surface area (Å²) < 4.78 is 30.5. The number of sulfonamides is 1. The molecule has 0 fully saturated rings. The maximum Gasteiger partial charge on any atom is 0.277 e. The standard InChI is InChI=1S/C19H20N4O4S2/c1-12-4-5-13(2)16(10-12)20-17(24)11-28-19-22-21-18(27-19)14-6-8-15(9-7-14)23-29(3,25)26/h4-10,23H,11H2,1-3H3,(H,20,24). The fourth-order valence-electron chi connectivity index (χ4n) is 2.46. The molecule has 0 unspecified atom stereocenters. The Labute approximate surface area is 173 Å². The quantitative estimate of drug-likeness (QED) is 0.550. The lowest BCUT2D eigenvalue weighted by molar-refractivity contribution is -0.113.